The molecule has 0 aliphatic carbocycles. The lowest BCUT2D eigenvalue weighted by molar-refractivity contribution is -0.139. The van der Waals surface area contributed by atoms with Gasteiger partial charge in [-0.1, -0.05) is 37.6 Å². The number of methoxy groups -OCH3 is 1. The molecule has 0 aliphatic rings. The number of nitrogens with zero attached hydrogens (tertiary/aromatic N) is 2. The van der Waals surface area contributed by atoms with Gasteiger partial charge in [-0.3, -0.25) is 13.9 Å². The van der Waals surface area contributed by atoms with E-state index in [0.717, 1.165) is 28.3 Å². The van der Waals surface area contributed by atoms with Gasteiger partial charge in [0.1, 0.15) is 24.2 Å². The van der Waals surface area contributed by atoms with Crippen LogP contribution in [-0.2, 0) is 26.2 Å². The molecule has 1 N–H and O–H groups in total. The van der Waals surface area contributed by atoms with Gasteiger partial charge in [-0.15, -0.1) is 0 Å². The molecule has 0 spiro atoms. The molecule has 0 aromatic heterocycles. The Kier molecular flexibility index (Phi) is 9.91. The molecule has 2 amide bonds. The number of halogens is 2. The Morgan fingerprint density at radius 1 is 1.11 bits per heavy atom. The zero-order valence-electron chi connectivity index (χ0n) is 20.4. The van der Waals surface area contributed by atoms with Crippen molar-refractivity contribution in [3.8, 4) is 5.75 Å². The first-order valence-electron chi connectivity index (χ1n) is 11.0. The Balaban J connectivity index is 2.38. The van der Waals surface area contributed by atoms with Crippen LogP contribution in [-0.4, -0.2) is 57.6 Å². The second-order valence-corrected chi connectivity index (χ2v) is 10.9. The van der Waals surface area contributed by atoms with E-state index in [1.165, 1.54) is 18.1 Å². The highest BCUT2D eigenvalue weighted by atomic mass is 35.5. The van der Waals surface area contributed by atoms with Gasteiger partial charge in [0.2, 0.25) is 21.8 Å². The molecule has 0 bridgehead atoms. The Bertz CT molecular complexity index is 1140. The van der Waals surface area contributed by atoms with Crippen molar-refractivity contribution in [1.29, 1.82) is 0 Å². The molecule has 11 heteroatoms. The van der Waals surface area contributed by atoms with Crippen molar-refractivity contribution < 1.29 is 27.1 Å². The molecule has 0 saturated carbocycles. The average molecular weight is 528 g/mol. The molecule has 1 atom stereocenters. The molecule has 0 aliphatic heterocycles. The van der Waals surface area contributed by atoms with Crippen molar-refractivity contribution in [2.24, 2.45) is 5.92 Å². The molecular weight excluding hydrogens is 497 g/mol. The molecule has 2 aromatic rings. The van der Waals surface area contributed by atoms with Crippen LogP contribution in [0.5, 0.6) is 5.75 Å². The quantitative estimate of drug-likeness (QED) is 0.483. The third-order valence-electron chi connectivity index (χ3n) is 5.23. The summed E-state index contributed by atoms with van der Waals surface area (Å²) in [6, 6.07) is 9.46. The minimum Gasteiger partial charge on any atom is -0.497 e. The van der Waals surface area contributed by atoms with Crippen LogP contribution in [0, 0.1) is 11.7 Å². The number of hydrogen-bond donors (Lipinski definition) is 1. The summed E-state index contributed by atoms with van der Waals surface area (Å²) in [5.41, 5.74) is 0.756. The van der Waals surface area contributed by atoms with Crippen LogP contribution in [0.4, 0.5) is 10.1 Å². The van der Waals surface area contributed by atoms with Crippen LogP contribution in [0.1, 0.15) is 26.3 Å². The van der Waals surface area contributed by atoms with Gasteiger partial charge in [-0.2, -0.15) is 0 Å². The van der Waals surface area contributed by atoms with Crippen molar-refractivity contribution in [3.05, 3.63) is 58.9 Å². The van der Waals surface area contributed by atoms with Gasteiger partial charge in [-0.05, 0) is 48.7 Å². The van der Waals surface area contributed by atoms with Crippen molar-refractivity contribution >= 4 is 39.1 Å². The second kappa shape index (κ2) is 12.2. The van der Waals surface area contributed by atoms with Crippen molar-refractivity contribution in [1.82, 2.24) is 10.2 Å². The largest absolute Gasteiger partial charge is 0.497 e. The van der Waals surface area contributed by atoms with E-state index < -0.39 is 34.3 Å². The van der Waals surface area contributed by atoms with E-state index in [1.54, 1.807) is 31.2 Å². The first kappa shape index (κ1) is 28.4. The summed E-state index contributed by atoms with van der Waals surface area (Å²) < 4.78 is 44.7. The van der Waals surface area contributed by atoms with E-state index in [-0.39, 0.29) is 29.1 Å². The summed E-state index contributed by atoms with van der Waals surface area (Å²) in [4.78, 5) is 27.6. The minimum atomic E-state index is -3.94. The van der Waals surface area contributed by atoms with E-state index in [0.29, 0.717) is 12.3 Å². The van der Waals surface area contributed by atoms with Crippen LogP contribution in [0.15, 0.2) is 42.5 Å². The highest BCUT2D eigenvalue weighted by Crippen LogP contribution is 2.25. The van der Waals surface area contributed by atoms with Crippen LogP contribution >= 0.6 is 11.6 Å². The van der Waals surface area contributed by atoms with Crippen molar-refractivity contribution in [3.63, 3.8) is 0 Å². The molecule has 2 aromatic carbocycles. The number of hydrogen-bond acceptors (Lipinski definition) is 5. The predicted molar refractivity (Wildman–Crippen MR) is 134 cm³/mol. The Hall–Kier alpha value is -2.85. The molecule has 1 unspecified atom stereocenters. The predicted octanol–water partition coefficient (Wildman–Crippen LogP) is 3.44. The van der Waals surface area contributed by atoms with Gasteiger partial charge in [-0.25, -0.2) is 12.8 Å². The van der Waals surface area contributed by atoms with E-state index >= 15 is 0 Å². The van der Waals surface area contributed by atoms with E-state index in [4.69, 9.17) is 16.3 Å². The molecular formula is C24H31ClFN3O5S. The molecule has 35 heavy (non-hydrogen) atoms. The SMILES string of the molecule is COc1ccc(CN(C(=O)CN(c2ccc(F)c(Cl)c2)S(C)(=O)=O)C(C)C(=O)NCC(C)C)cc1. The number of rotatable bonds is 11. The van der Waals surface area contributed by atoms with Gasteiger partial charge >= 0.3 is 0 Å². The molecule has 192 valence electrons. The third-order valence-corrected chi connectivity index (χ3v) is 6.66. The van der Waals surface area contributed by atoms with Gasteiger partial charge in [0.05, 0.1) is 24.1 Å². The molecule has 2 rings (SSSR count). The smallest absolute Gasteiger partial charge is 0.244 e. The first-order chi connectivity index (χ1) is 16.3. The van der Waals surface area contributed by atoms with E-state index in [9.17, 15) is 22.4 Å². The monoisotopic (exact) mass is 527 g/mol. The fraction of sp³-hybridized carbons (Fsp3) is 0.417. The number of benzene rings is 2. The normalized spacial score (nSPS) is 12.2. The summed E-state index contributed by atoms with van der Waals surface area (Å²) in [7, 11) is -2.40. The third kappa shape index (κ3) is 8.10. The lowest BCUT2D eigenvalue weighted by Crippen LogP contribution is -2.51. The summed E-state index contributed by atoms with van der Waals surface area (Å²) in [6.45, 7) is 5.36. The lowest BCUT2D eigenvalue weighted by Gasteiger charge is -2.31. The summed E-state index contributed by atoms with van der Waals surface area (Å²) in [5, 5.41) is 2.53. The lowest BCUT2D eigenvalue weighted by atomic mass is 10.1. The second-order valence-electron chi connectivity index (χ2n) is 8.55. The Morgan fingerprint density at radius 3 is 2.26 bits per heavy atom. The van der Waals surface area contributed by atoms with Crippen LogP contribution < -0.4 is 14.4 Å². The Morgan fingerprint density at radius 2 is 1.74 bits per heavy atom. The number of amides is 2. The van der Waals surface area contributed by atoms with Gasteiger partial charge in [0, 0.05) is 13.1 Å². The van der Waals surface area contributed by atoms with Gasteiger partial charge < -0.3 is 15.0 Å². The van der Waals surface area contributed by atoms with Crippen LogP contribution in [0.2, 0.25) is 5.02 Å². The summed E-state index contributed by atoms with van der Waals surface area (Å²) in [5.74, 6) is -0.853. The molecule has 0 saturated heterocycles. The maximum atomic E-state index is 13.6. The fourth-order valence-electron chi connectivity index (χ4n) is 3.22. The van der Waals surface area contributed by atoms with Gasteiger partial charge in [0.15, 0.2) is 0 Å². The summed E-state index contributed by atoms with van der Waals surface area (Å²) >= 11 is 5.84. The van der Waals surface area contributed by atoms with E-state index in [2.05, 4.69) is 5.32 Å². The minimum absolute atomic E-state index is 0.0357. The first-order valence-corrected chi connectivity index (χ1v) is 13.2. The number of carbonyl (C=O) groups is 2. The number of nitrogens with one attached hydrogen (secondary N) is 1. The highest BCUT2D eigenvalue weighted by Gasteiger charge is 2.30. The highest BCUT2D eigenvalue weighted by molar-refractivity contribution is 7.92. The van der Waals surface area contributed by atoms with Crippen LogP contribution in [0.3, 0.4) is 0 Å². The molecule has 0 radical (unpaired) electrons. The standard InChI is InChI=1S/C24H31ClFN3O5S/c1-16(2)13-27-24(31)17(3)28(14-18-6-9-20(34-4)10-7-18)23(30)15-29(35(5,32)33)19-8-11-22(26)21(25)12-19/h6-12,16-17H,13-15H2,1-5H3,(H,27,31). The number of sulfonamides is 1. The maximum absolute atomic E-state index is 13.6. The zero-order chi connectivity index (χ0) is 26.3. The zero-order valence-corrected chi connectivity index (χ0v) is 22.0. The van der Waals surface area contributed by atoms with Gasteiger partial charge in [0.25, 0.3) is 0 Å². The Labute approximate surface area is 211 Å². The maximum Gasteiger partial charge on any atom is 0.244 e. The number of ether oxygens (including phenoxy) is 1. The van der Waals surface area contributed by atoms with Crippen molar-refractivity contribution in [2.45, 2.75) is 33.4 Å². The molecule has 8 nitrogen and oxygen atoms in total. The summed E-state index contributed by atoms with van der Waals surface area (Å²) in [6.07, 6.45) is 0.935. The number of carbonyl (C=O) groups excluding carboxylic acids is 2. The number of anilines is 1. The van der Waals surface area contributed by atoms with E-state index in [1.807, 2.05) is 13.8 Å². The average Bonchev–Trinajstić information content (AvgIpc) is 2.80. The molecule has 0 fully saturated rings. The molecule has 0 heterocycles. The topological polar surface area (TPSA) is 96.0 Å². The van der Waals surface area contributed by atoms with Crippen molar-refractivity contribution in [2.75, 3.05) is 30.8 Å². The van der Waals surface area contributed by atoms with Crippen LogP contribution in [0.25, 0.3) is 0 Å². The fourth-order valence-corrected chi connectivity index (χ4v) is 4.23.